The molecule has 1 aliphatic carbocycles. The van der Waals surface area contributed by atoms with Gasteiger partial charge < -0.3 is 9.30 Å². The molecule has 12 heteroatoms. The normalized spacial score (nSPS) is 21.4. The average molecular weight is 536 g/mol. The highest BCUT2D eigenvalue weighted by molar-refractivity contribution is 5.77. The number of aromatic nitrogens is 5. The first-order valence-electron chi connectivity index (χ1n) is 12.6. The van der Waals surface area contributed by atoms with Crippen molar-refractivity contribution in [1.29, 1.82) is 5.26 Å². The van der Waals surface area contributed by atoms with Gasteiger partial charge in [0.25, 0.3) is 0 Å². The molecule has 2 aliphatic rings. The van der Waals surface area contributed by atoms with Crippen LogP contribution in [-0.4, -0.2) is 47.7 Å². The van der Waals surface area contributed by atoms with Gasteiger partial charge >= 0.3 is 12.3 Å². The number of nitrogens with zero attached hydrogens (tertiary/aromatic N) is 7. The van der Waals surface area contributed by atoms with E-state index in [4.69, 9.17) is 4.74 Å². The summed E-state index contributed by atoms with van der Waals surface area (Å²) >= 11 is 0. The lowest BCUT2D eigenvalue weighted by molar-refractivity contribution is -0.137. The number of ether oxygens (including phenoxy) is 1. The van der Waals surface area contributed by atoms with Crippen LogP contribution in [-0.2, 0) is 24.0 Å². The van der Waals surface area contributed by atoms with Crippen molar-refractivity contribution < 1.29 is 22.7 Å². The number of amides is 1. The van der Waals surface area contributed by atoms with E-state index in [1.165, 1.54) is 23.0 Å². The Morgan fingerprint density at radius 3 is 2.90 bits per heavy atom. The van der Waals surface area contributed by atoms with Gasteiger partial charge in [-0.25, -0.2) is 14.5 Å². The lowest BCUT2D eigenvalue weighted by atomic mass is 9.78. The predicted octanol–water partition coefficient (Wildman–Crippen LogP) is 5.09. The topological polar surface area (TPSA) is 102 Å². The van der Waals surface area contributed by atoms with Crippen molar-refractivity contribution in [3.63, 3.8) is 0 Å². The van der Waals surface area contributed by atoms with Crippen molar-refractivity contribution in [2.24, 2.45) is 5.92 Å². The van der Waals surface area contributed by atoms with Crippen LogP contribution in [0.5, 0.6) is 0 Å². The summed E-state index contributed by atoms with van der Waals surface area (Å²) in [5, 5.41) is 17.3. The summed E-state index contributed by atoms with van der Waals surface area (Å²) in [6, 6.07) is 12.4. The summed E-state index contributed by atoms with van der Waals surface area (Å²) in [5.41, 5.74) is 1.61. The Morgan fingerprint density at radius 2 is 2.08 bits per heavy atom. The van der Waals surface area contributed by atoms with E-state index >= 15 is 0 Å². The molecule has 4 aromatic rings. The second-order valence-corrected chi connectivity index (χ2v) is 10.3. The van der Waals surface area contributed by atoms with Crippen molar-refractivity contribution in [1.82, 2.24) is 29.4 Å². The maximum atomic E-state index is 13.1. The van der Waals surface area contributed by atoms with Gasteiger partial charge in [-0.2, -0.15) is 18.4 Å². The predicted molar refractivity (Wildman–Crippen MR) is 132 cm³/mol. The van der Waals surface area contributed by atoms with Gasteiger partial charge in [0.1, 0.15) is 11.3 Å². The molecule has 1 amide bonds. The third kappa shape index (κ3) is 4.92. The molecule has 0 N–H and O–H groups in total. The first-order valence-corrected chi connectivity index (χ1v) is 12.6. The van der Waals surface area contributed by atoms with E-state index in [1.54, 1.807) is 17.3 Å². The smallest absolute Gasteiger partial charge is 0.416 e. The molecule has 1 saturated heterocycles. The molecule has 1 spiro atoms. The Labute approximate surface area is 221 Å². The molecule has 0 bridgehead atoms. The number of nitriles is 1. The summed E-state index contributed by atoms with van der Waals surface area (Å²) in [6.45, 7) is 1.26. The van der Waals surface area contributed by atoms with E-state index in [-0.39, 0.29) is 18.2 Å². The van der Waals surface area contributed by atoms with Crippen molar-refractivity contribution in [2.45, 2.75) is 50.6 Å². The number of hydrogen-bond donors (Lipinski definition) is 0. The first-order chi connectivity index (χ1) is 18.7. The highest BCUT2D eigenvalue weighted by Gasteiger charge is 2.48. The number of imidazole rings is 1. The molecule has 2 aromatic carbocycles. The Morgan fingerprint density at radius 1 is 1.21 bits per heavy atom. The molecule has 2 aromatic heterocycles. The standard InChI is InChI=1S/C27H24F3N7O2/c28-27(29,30)20-4-1-5-22(10-20)37-15-21(33-34-37)14-35-16-26(39-25(35)38)8-2-3-19(11-26)13-36-17-32-23-7-6-18(12-31)9-24(23)36/h1,4-7,9-10,15,17,19H,2-3,8,11,13-14,16H2/t19?,26-/m0/s1. The van der Waals surface area contributed by atoms with Crippen LogP contribution in [0.2, 0.25) is 0 Å². The summed E-state index contributed by atoms with van der Waals surface area (Å²) in [4.78, 5) is 18.9. The molecule has 1 aliphatic heterocycles. The summed E-state index contributed by atoms with van der Waals surface area (Å²) in [5.74, 6) is 0.261. The molecule has 39 heavy (non-hydrogen) atoms. The van der Waals surface area contributed by atoms with Gasteiger partial charge in [-0.1, -0.05) is 11.3 Å². The molecular weight excluding hydrogens is 511 g/mol. The number of carbonyl (C=O) groups excluding carboxylic acids is 1. The Kier molecular flexibility index (Phi) is 6.01. The monoisotopic (exact) mass is 535 g/mol. The molecule has 6 rings (SSSR count). The molecule has 3 heterocycles. The van der Waals surface area contributed by atoms with Gasteiger partial charge in [-0.05, 0) is 68.0 Å². The molecule has 2 atom stereocenters. The molecule has 1 unspecified atom stereocenters. The summed E-state index contributed by atoms with van der Waals surface area (Å²) < 4.78 is 48.5. The highest BCUT2D eigenvalue weighted by atomic mass is 19.4. The fourth-order valence-electron chi connectivity index (χ4n) is 5.72. The third-order valence-corrected chi connectivity index (χ3v) is 7.48. The van der Waals surface area contributed by atoms with Gasteiger partial charge in [-0.15, -0.1) is 5.10 Å². The summed E-state index contributed by atoms with van der Waals surface area (Å²) in [7, 11) is 0. The zero-order chi connectivity index (χ0) is 27.2. The molecule has 0 radical (unpaired) electrons. The second kappa shape index (κ2) is 9.41. The van der Waals surface area contributed by atoms with Crippen LogP contribution in [0, 0.1) is 17.2 Å². The largest absolute Gasteiger partial charge is 0.441 e. The Bertz CT molecular complexity index is 1590. The number of benzene rings is 2. The maximum absolute atomic E-state index is 13.1. The zero-order valence-electron chi connectivity index (χ0n) is 20.8. The van der Waals surface area contributed by atoms with Gasteiger partial charge in [0.2, 0.25) is 0 Å². The number of fused-ring (bicyclic) bond motifs is 1. The van der Waals surface area contributed by atoms with E-state index in [1.807, 2.05) is 12.1 Å². The fraction of sp³-hybridized carbons (Fsp3) is 0.370. The minimum atomic E-state index is -4.46. The highest BCUT2D eigenvalue weighted by Crippen LogP contribution is 2.41. The summed E-state index contributed by atoms with van der Waals surface area (Å²) in [6.07, 6.45) is 1.77. The maximum Gasteiger partial charge on any atom is 0.416 e. The number of carbonyl (C=O) groups is 1. The Hall–Kier alpha value is -4.40. The van der Waals surface area contributed by atoms with Gasteiger partial charge in [0, 0.05) is 6.54 Å². The number of hydrogen-bond acceptors (Lipinski definition) is 6. The average Bonchev–Trinajstić information content (AvgIpc) is 3.62. The van der Waals surface area contributed by atoms with Crippen LogP contribution in [0.25, 0.3) is 16.7 Å². The minimum Gasteiger partial charge on any atom is -0.441 e. The van der Waals surface area contributed by atoms with Crippen LogP contribution < -0.4 is 0 Å². The van der Waals surface area contributed by atoms with E-state index in [0.29, 0.717) is 30.8 Å². The van der Waals surface area contributed by atoms with E-state index < -0.39 is 23.4 Å². The van der Waals surface area contributed by atoms with E-state index in [9.17, 15) is 23.2 Å². The number of alkyl halides is 3. The van der Waals surface area contributed by atoms with Gasteiger partial charge in [-0.3, -0.25) is 4.90 Å². The second-order valence-electron chi connectivity index (χ2n) is 10.3. The van der Waals surface area contributed by atoms with E-state index in [2.05, 4.69) is 25.9 Å². The van der Waals surface area contributed by atoms with Gasteiger partial charge in [0.15, 0.2) is 0 Å². The molecule has 200 valence electrons. The van der Waals surface area contributed by atoms with Crippen LogP contribution in [0.3, 0.4) is 0 Å². The minimum absolute atomic E-state index is 0.146. The van der Waals surface area contributed by atoms with Crippen molar-refractivity contribution in [2.75, 3.05) is 6.54 Å². The lowest BCUT2D eigenvalue weighted by Gasteiger charge is -2.36. The quantitative estimate of drug-likeness (QED) is 0.353. The molecule has 2 fully saturated rings. The molecular formula is C27H24F3N7O2. The van der Waals surface area contributed by atoms with Crippen LogP contribution in [0.15, 0.2) is 55.0 Å². The zero-order valence-corrected chi connectivity index (χ0v) is 20.8. The molecule has 1 saturated carbocycles. The fourth-order valence-corrected chi connectivity index (χ4v) is 5.72. The number of halogens is 3. The van der Waals surface area contributed by atoms with Crippen molar-refractivity contribution in [3.05, 3.63) is 71.8 Å². The lowest BCUT2D eigenvalue weighted by Crippen LogP contribution is -2.40. The SMILES string of the molecule is N#Cc1ccc2ncn(CC3CCC[C@]4(C3)CN(Cc3cn(-c5cccc(C(F)(F)F)c5)nn3)C(=O)O4)c2c1. The van der Waals surface area contributed by atoms with Gasteiger partial charge in [0.05, 0.1) is 59.5 Å². The van der Waals surface area contributed by atoms with Crippen molar-refractivity contribution in [3.8, 4) is 11.8 Å². The number of rotatable bonds is 5. The first kappa shape index (κ1) is 24.9. The molecule has 9 nitrogen and oxygen atoms in total. The van der Waals surface area contributed by atoms with Crippen LogP contribution in [0.1, 0.15) is 42.5 Å². The third-order valence-electron chi connectivity index (χ3n) is 7.48. The van der Waals surface area contributed by atoms with Crippen LogP contribution in [0.4, 0.5) is 18.0 Å². The Balaban J connectivity index is 1.13. The van der Waals surface area contributed by atoms with Crippen LogP contribution >= 0.6 is 0 Å². The van der Waals surface area contributed by atoms with Crippen molar-refractivity contribution >= 4 is 17.1 Å². The van der Waals surface area contributed by atoms with E-state index in [0.717, 1.165) is 42.4 Å².